The average molecular weight is 268 g/mol. The minimum atomic E-state index is -0.826. The first-order chi connectivity index (χ1) is 7.09. The number of carboxylic acid groups (broad SMARTS) is 1. The maximum Gasteiger partial charge on any atom is 0.326 e. The van der Waals surface area contributed by atoms with Crippen molar-refractivity contribution in [3.05, 3.63) is 34.9 Å². The maximum absolute atomic E-state index is 10.9. The summed E-state index contributed by atoms with van der Waals surface area (Å²) in [6, 6.07) is 7.20. The van der Waals surface area contributed by atoms with Gasteiger partial charge in [0.15, 0.2) is 0 Å². The van der Waals surface area contributed by atoms with E-state index in [1.165, 1.54) is 0 Å². The second-order valence-electron chi connectivity index (χ2n) is 3.44. The number of aromatic nitrogens is 1. The third kappa shape index (κ3) is 1.77. The Hall–Kier alpha value is -1.29. The van der Waals surface area contributed by atoms with E-state index in [4.69, 9.17) is 5.11 Å². The van der Waals surface area contributed by atoms with Gasteiger partial charge in [0.25, 0.3) is 0 Å². The van der Waals surface area contributed by atoms with Gasteiger partial charge in [-0.05, 0) is 30.5 Å². The Morgan fingerprint density at radius 1 is 1.47 bits per heavy atom. The van der Waals surface area contributed by atoms with E-state index < -0.39 is 12.0 Å². The summed E-state index contributed by atoms with van der Waals surface area (Å²) < 4.78 is 2.70. The van der Waals surface area contributed by atoms with Crippen molar-refractivity contribution >= 4 is 32.8 Å². The normalized spacial score (nSPS) is 12.9. The van der Waals surface area contributed by atoms with E-state index in [0.29, 0.717) is 0 Å². The van der Waals surface area contributed by atoms with Gasteiger partial charge in [0.05, 0.1) is 0 Å². The molecule has 0 radical (unpaired) electrons. The van der Waals surface area contributed by atoms with Crippen LogP contribution in [0.1, 0.15) is 13.0 Å². The highest BCUT2D eigenvalue weighted by Gasteiger charge is 2.14. The third-order valence-electron chi connectivity index (χ3n) is 2.46. The Labute approximate surface area is 95.5 Å². The highest BCUT2D eigenvalue weighted by atomic mass is 79.9. The van der Waals surface area contributed by atoms with Crippen molar-refractivity contribution in [2.24, 2.45) is 0 Å². The van der Waals surface area contributed by atoms with Crippen LogP contribution in [-0.2, 0) is 4.79 Å². The number of nitrogens with zero attached hydrogens (tertiary/aromatic N) is 1. The molecule has 1 atom stereocenters. The van der Waals surface area contributed by atoms with Crippen molar-refractivity contribution in [3.63, 3.8) is 0 Å². The molecule has 0 aliphatic heterocycles. The first-order valence-corrected chi connectivity index (χ1v) is 5.38. The second kappa shape index (κ2) is 3.70. The average Bonchev–Trinajstić information content (AvgIpc) is 2.59. The summed E-state index contributed by atoms with van der Waals surface area (Å²) in [6.45, 7) is 1.67. The molecule has 3 nitrogen and oxygen atoms in total. The van der Waals surface area contributed by atoms with Gasteiger partial charge in [0, 0.05) is 16.2 Å². The largest absolute Gasteiger partial charge is 0.480 e. The molecule has 1 aromatic carbocycles. The van der Waals surface area contributed by atoms with Crippen molar-refractivity contribution in [2.45, 2.75) is 13.0 Å². The van der Waals surface area contributed by atoms with Crippen LogP contribution in [0.2, 0.25) is 0 Å². The Kier molecular flexibility index (Phi) is 2.52. The van der Waals surface area contributed by atoms with Gasteiger partial charge in [-0.25, -0.2) is 4.79 Å². The lowest BCUT2D eigenvalue weighted by Crippen LogP contribution is -2.14. The molecule has 0 saturated carbocycles. The number of halogens is 1. The molecule has 0 bridgehead atoms. The number of carbonyl (C=O) groups is 1. The summed E-state index contributed by atoms with van der Waals surface area (Å²) in [5, 5.41) is 10.00. The first kappa shape index (κ1) is 10.2. The molecule has 0 saturated heterocycles. The molecule has 0 aliphatic rings. The van der Waals surface area contributed by atoms with Crippen molar-refractivity contribution in [2.75, 3.05) is 0 Å². The van der Waals surface area contributed by atoms with E-state index in [0.717, 1.165) is 15.4 Å². The molecule has 1 heterocycles. The molecule has 1 aromatic heterocycles. The number of aliphatic carboxylic acids is 1. The zero-order valence-electron chi connectivity index (χ0n) is 8.14. The highest BCUT2D eigenvalue weighted by Crippen LogP contribution is 2.23. The number of benzene rings is 1. The minimum Gasteiger partial charge on any atom is -0.480 e. The van der Waals surface area contributed by atoms with Gasteiger partial charge in [-0.1, -0.05) is 22.0 Å². The fraction of sp³-hybridized carbons (Fsp3) is 0.182. The van der Waals surface area contributed by atoms with E-state index in [-0.39, 0.29) is 0 Å². The van der Waals surface area contributed by atoms with Crippen LogP contribution >= 0.6 is 15.9 Å². The number of fused-ring (bicyclic) bond motifs is 1. The van der Waals surface area contributed by atoms with Crippen LogP contribution in [0, 0.1) is 0 Å². The Morgan fingerprint density at radius 2 is 2.20 bits per heavy atom. The van der Waals surface area contributed by atoms with E-state index in [2.05, 4.69) is 15.9 Å². The summed E-state index contributed by atoms with van der Waals surface area (Å²) in [7, 11) is 0. The van der Waals surface area contributed by atoms with Gasteiger partial charge < -0.3 is 9.67 Å². The van der Waals surface area contributed by atoms with Gasteiger partial charge in [-0.3, -0.25) is 0 Å². The van der Waals surface area contributed by atoms with Gasteiger partial charge in [0.2, 0.25) is 0 Å². The topological polar surface area (TPSA) is 42.2 Å². The van der Waals surface area contributed by atoms with Crippen LogP contribution in [0.25, 0.3) is 10.9 Å². The minimum absolute atomic E-state index is 0.545. The van der Waals surface area contributed by atoms with Crippen molar-refractivity contribution in [1.82, 2.24) is 4.57 Å². The maximum atomic E-state index is 10.9. The molecule has 78 valence electrons. The lowest BCUT2D eigenvalue weighted by Gasteiger charge is -2.10. The van der Waals surface area contributed by atoms with Crippen LogP contribution in [-0.4, -0.2) is 15.6 Å². The summed E-state index contributed by atoms with van der Waals surface area (Å²) in [6.07, 6.45) is 1.80. The van der Waals surface area contributed by atoms with Crippen molar-refractivity contribution in [3.8, 4) is 0 Å². The molecule has 2 rings (SSSR count). The van der Waals surface area contributed by atoms with E-state index in [1.807, 2.05) is 24.3 Å². The van der Waals surface area contributed by atoms with Gasteiger partial charge in [0.1, 0.15) is 6.04 Å². The molecule has 0 spiro atoms. The monoisotopic (exact) mass is 267 g/mol. The van der Waals surface area contributed by atoms with Crippen LogP contribution in [0.5, 0.6) is 0 Å². The molecule has 15 heavy (non-hydrogen) atoms. The summed E-state index contributed by atoms with van der Waals surface area (Å²) in [5.74, 6) is -0.826. The van der Waals surface area contributed by atoms with E-state index in [1.54, 1.807) is 17.7 Å². The lowest BCUT2D eigenvalue weighted by molar-refractivity contribution is -0.140. The molecule has 1 N–H and O–H groups in total. The van der Waals surface area contributed by atoms with E-state index in [9.17, 15) is 4.79 Å². The first-order valence-electron chi connectivity index (χ1n) is 4.58. The fourth-order valence-corrected chi connectivity index (χ4v) is 1.93. The molecule has 1 unspecified atom stereocenters. The molecular formula is C11H10BrNO2. The predicted molar refractivity (Wildman–Crippen MR) is 62.0 cm³/mol. The zero-order chi connectivity index (χ0) is 11.0. The summed E-state index contributed by atoms with van der Waals surface area (Å²) in [4.78, 5) is 10.9. The van der Waals surface area contributed by atoms with Gasteiger partial charge >= 0.3 is 5.97 Å². The van der Waals surface area contributed by atoms with Crippen molar-refractivity contribution < 1.29 is 9.90 Å². The standard InChI is InChI=1S/C11H10BrNO2/c1-7(11(14)15)13-5-4-8-2-3-9(12)6-10(8)13/h2-7H,1H3,(H,14,15). The molecule has 2 aromatic rings. The Morgan fingerprint density at radius 3 is 2.87 bits per heavy atom. The number of rotatable bonds is 2. The molecule has 0 fully saturated rings. The number of hydrogen-bond acceptors (Lipinski definition) is 1. The van der Waals surface area contributed by atoms with Crippen LogP contribution in [0.4, 0.5) is 0 Å². The van der Waals surface area contributed by atoms with E-state index >= 15 is 0 Å². The Balaban J connectivity index is 2.61. The smallest absolute Gasteiger partial charge is 0.326 e. The molecule has 4 heteroatoms. The van der Waals surface area contributed by atoms with Crippen molar-refractivity contribution in [1.29, 1.82) is 0 Å². The lowest BCUT2D eigenvalue weighted by atomic mass is 10.2. The Bertz CT molecular complexity index is 518. The molecule has 0 amide bonds. The number of carboxylic acids is 1. The summed E-state index contributed by atoms with van der Waals surface area (Å²) in [5.41, 5.74) is 0.930. The van der Waals surface area contributed by atoms with Crippen LogP contribution in [0.15, 0.2) is 34.9 Å². The zero-order valence-corrected chi connectivity index (χ0v) is 9.73. The highest BCUT2D eigenvalue weighted by molar-refractivity contribution is 9.10. The number of hydrogen-bond donors (Lipinski definition) is 1. The van der Waals surface area contributed by atoms with Gasteiger partial charge in [-0.15, -0.1) is 0 Å². The second-order valence-corrected chi connectivity index (χ2v) is 4.36. The van der Waals surface area contributed by atoms with Gasteiger partial charge in [-0.2, -0.15) is 0 Å². The third-order valence-corrected chi connectivity index (χ3v) is 2.95. The predicted octanol–water partition coefficient (Wildman–Crippen LogP) is 3.05. The fourth-order valence-electron chi connectivity index (χ4n) is 1.58. The van der Waals surface area contributed by atoms with Crippen LogP contribution < -0.4 is 0 Å². The van der Waals surface area contributed by atoms with Crippen LogP contribution in [0.3, 0.4) is 0 Å². The summed E-state index contributed by atoms with van der Waals surface area (Å²) >= 11 is 3.38. The molecular weight excluding hydrogens is 258 g/mol. The molecule has 0 aliphatic carbocycles. The quantitative estimate of drug-likeness (QED) is 0.909. The SMILES string of the molecule is CC(C(=O)O)n1ccc2ccc(Br)cc21.